The third-order valence-electron chi connectivity index (χ3n) is 1.96. The van der Waals surface area contributed by atoms with E-state index in [1.807, 2.05) is 0 Å². The lowest BCUT2D eigenvalue weighted by molar-refractivity contribution is 0.261. The van der Waals surface area contributed by atoms with Crippen LogP contribution >= 0.6 is 0 Å². The van der Waals surface area contributed by atoms with Crippen LogP contribution in [0.3, 0.4) is 0 Å². The topological polar surface area (TPSA) is 32.3 Å². The van der Waals surface area contributed by atoms with Gasteiger partial charge in [-0.1, -0.05) is 13.8 Å². The number of rotatable bonds is 6. The van der Waals surface area contributed by atoms with Gasteiger partial charge in [0.05, 0.1) is 0 Å². The van der Waals surface area contributed by atoms with Gasteiger partial charge in [-0.05, 0) is 32.6 Å². The molecule has 0 bridgehead atoms. The van der Waals surface area contributed by atoms with E-state index in [1.54, 1.807) is 0 Å². The predicted octanol–water partition coefficient (Wildman–Crippen LogP) is 1.78. The number of aliphatic hydroxyl groups excluding tert-OH is 1. The Morgan fingerprint density at radius 1 is 1.08 bits per heavy atom. The highest BCUT2D eigenvalue weighted by Gasteiger charge is 2.07. The zero-order valence-corrected chi connectivity index (χ0v) is 8.80. The van der Waals surface area contributed by atoms with E-state index >= 15 is 0 Å². The summed E-state index contributed by atoms with van der Waals surface area (Å²) >= 11 is 0. The van der Waals surface area contributed by atoms with Crippen LogP contribution in [-0.2, 0) is 0 Å². The number of nitrogens with one attached hydrogen (secondary N) is 1. The van der Waals surface area contributed by atoms with Crippen LogP contribution in [-0.4, -0.2) is 23.8 Å². The molecule has 2 unspecified atom stereocenters. The van der Waals surface area contributed by atoms with Gasteiger partial charge in [-0.3, -0.25) is 0 Å². The van der Waals surface area contributed by atoms with Gasteiger partial charge in [0, 0.05) is 18.7 Å². The first-order chi connectivity index (χ1) is 5.56. The molecule has 0 aliphatic carbocycles. The summed E-state index contributed by atoms with van der Waals surface area (Å²) in [6.07, 6.45) is 2.05. The maximum Gasteiger partial charge on any atom is 0.0445 e. The van der Waals surface area contributed by atoms with E-state index in [0.29, 0.717) is 12.1 Å². The number of hydrogen-bond acceptors (Lipinski definition) is 2. The van der Waals surface area contributed by atoms with E-state index in [2.05, 4.69) is 33.0 Å². The molecule has 0 aromatic rings. The Kier molecular flexibility index (Phi) is 6.39. The maximum absolute atomic E-state index is 8.69. The van der Waals surface area contributed by atoms with Crippen LogP contribution in [0.4, 0.5) is 0 Å². The molecule has 0 saturated carbocycles. The molecule has 2 N–H and O–H groups in total. The minimum absolute atomic E-state index is 0.280. The third-order valence-corrected chi connectivity index (χ3v) is 1.96. The molecule has 0 saturated heterocycles. The first-order valence-corrected chi connectivity index (χ1v) is 4.93. The highest BCUT2D eigenvalue weighted by atomic mass is 16.3. The van der Waals surface area contributed by atoms with Gasteiger partial charge in [0.15, 0.2) is 0 Å². The molecule has 0 rings (SSSR count). The van der Waals surface area contributed by atoms with Crippen molar-refractivity contribution in [1.29, 1.82) is 0 Å². The van der Waals surface area contributed by atoms with Crippen LogP contribution in [0, 0.1) is 5.92 Å². The SMILES string of the molecule is CC(C)CC(C)NC(C)CCO. The number of hydrogen-bond donors (Lipinski definition) is 2. The van der Waals surface area contributed by atoms with Gasteiger partial charge >= 0.3 is 0 Å². The fraction of sp³-hybridized carbons (Fsp3) is 1.00. The molecule has 2 nitrogen and oxygen atoms in total. The van der Waals surface area contributed by atoms with Crippen molar-refractivity contribution in [3.8, 4) is 0 Å². The first-order valence-electron chi connectivity index (χ1n) is 4.93. The molecule has 0 spiro atoms. The monoisotopic (exact) mass is 173 g/mol. The van der Waals surface area contributed by atoms with Gasteiger partial charge in [0.2, 0.25) is 0 Å². The Labute approximate surface area is 76.4 Å². The molecule has 12 heavy (non-hydrogen) atoms. The van der Waals surface area contributed by atoms with Gasteiger partial charge in [-0.2, -0.15) is 0 Å². The summed E-state index contributed by atoms with van der Waals surface area (Å²) < 4.78 is 0. The van der Waals surface area contributed by atoms with Crippen molar-refractivity contribution in [2.45, 2.75) is 52.6 Å². The fourth-order valence-electron chi connectivity index (χ4n) is 1.54. The first kappa shape index (κ1) is 11.9. The van der Waals surface area contributed by atoms with E-state index in [1.165, 1.54) is 6.42 Å². The minimum atomic E-state index is 0.280. The fourth-order valence-corrected chi connectivity index (χ4v) is 1.54. The van der Waals surface area contributed by atoms with Gasteiger partial charge in [0.1, 0.15) is 0 Å². The summed E-state index contributed by atoms with van der Waals surface area (Å²) in [6.45, 7) is 9.06. The smallest absolute Gasteiger partial charge is 0.0445 e. The second-order valence-electron chi connectivity index (χ2n) is 4.11. The summed E-state index contributed by atoms with van der Waals surface area (Å²) in [6, 6.07) is 0.996. The second-order valence-corrected chi connectivity index (χ2v) is 4.11. The van der Waals surface area contributed by atoms with Crippen molar-refractivity contribution in [2.75, 3.05) is 6.61 Å². The van der Waals surface area contributed by atoms with Gasteiger partial charge < -0.3 is 10.4 Å². The molecule has 0 heterocycles. The van der Waals surface area contributed by atoms with Gasteiger partial charge in [0.25, 0.3) is 0 Å². The Balaban J connectivity index is 3.46. The quantitative estimate of drug-likeness (QED) is 0.641. The Hall–Kier alpha value is -0.0800. The van der Waals surface area contributed by atoms with Crippen LogP contribution in [0.25, 0.3) is 0 Å². The summed E-state index contributed by atoms with van der Waals surface area (Å²) in [5, 5.41) is 12.1. The molecule has 0 aliphatic heterocycles. The lowest BCUT2D eigenvalue weighted by Gasteiger charge is -2.20. The molecule has 74 valence electrons. The van der Waals surface area contributed by atoms with E-state index in [4.69, 9.17) is 5.11 Å². The van der Waals surface area contributed by atoms with E-state index < -0.39 is 0 Å². The van der Waals surface area contributed by atoms with E-state index in [0.717, 1.165) is 12.3 Å². The summed E-state index contributed by atoms with van der Waals surface area (Å²) in [7, 11) is 0. The highest BCUT2D eigenvalue weighted by molar-refractivity contribution is 4.68. The maximum atomic E-state index is 8.69. The van der Waals surface area contributed by atoms with Crippen molar-refractivity contribution in [1.82, 2.24) is 5.32 Å². The summed E-state index contributed by atoms with van der Waals surface area (Å²) in [5.41, 5.74) is 0. The van der Waals surface area contributed by atoms with Crippen LogP contribution in [0.15, 0.2) is 0 Å². The lowest BCUT2D eigenvalue weighted by atomic mass is 10.0. The van der Waals surface area contributed by atoms with Crippen molar-refractivity contribution < 1.29 is 5.11 Å². The van der Waals surface area contributed by atoms with Crippen molar-refractivity contribution in [2.24, 2.45) is 5.92 Å². The average Bonchev–Trinajstić information content (AvgIpc) is 1.84. The molecule has 0 aromatic carbocycles. The molecule has 2 atom stereocenters. The van der Waals surface area contributed by atoms with Crippen LogP contribution < -0.4 is 5.32 Å². The average molecular weight is 173 g/mol. The Morgan fingerprint density at radius 3 is 2.08 bits per heavy atom. The van der Waals surface area contributed by atoms with Crippen LogP contribution in [0.2, 0.25) is 0 Å². The molecular formula is C10H23NO. The van der Waals surface area contributed by atoms with E-state index in [9.17, 15) is 0 Å². The largest absolute Gasteiger partial charge is 0.396 e. The third kappa shape index (κ3) is 6.62. The second kappa shape index (κ2) is 6.44. The van der Waals surface area contributed by atoms with Crippen LogP contribution in [0.1, 0.15) is 40.5 Å². The highest BCUT2D eigenvalue weighted by Crippen LogP contribution is 2.05. The van der Waals surface area contributed by atoms with Gasteiger partial charge in [-0.15, -0.1) is 0 Å². The summed E-state index contributed by atoms with van der Waals surface area (Å²) in [5.74, 6) is 0.744. The lowest BCUT2D eigenvalue weighted by Crippen LogP contribution is -2.35. The molecule has 0 fully saturated rings. The molecule has 0 aromatic heterocycles. The molecule has 0 aliphatic rings. The van der Waals surface area contributed by atoms with Crippen molar-refractivity contribution in [3.05, 3.63) is 0 Å². The summed E-state index contributed by atoms with van der Waals surface area (Å²) in [4.78, 5) is 0. The van der Waals surface area contributed by atoms with Crippen molar-refractivity contribution >= 4 is 0 Å². The van der Waals surface area contributed by atoms with Crippen LogP contribution in [0.5, 0.6) is 0 Å². The molecule has 0 radical (unpaired) electrons. The molecule has 0 amide bonds. The molecular weight excluding hydrogens is 150 g/mol. The standard InChI is InChI=1S/C10H23NO/c1-8(2)7-10(4)11-9(3)5-6-12/h8-12H,5-7H2,1-4H3. The van der Waals surface area contributed by atoms with Gasteiger partial charge in [-0.25, -0.2) is 0 Å². The Morgan fingerprint density at radius 2 is 1.67 bits per heavy atom. The van der Waals surface area contributed by atoms with Crippen molar-refractivity contribution in [3.63, 3.8) is 0 Å². The zero-order valence-electron chi connectivity index (χ0n) is 8.80. The normalized spacial score (nSPS) is 16.5. The zero-order chi connectivity index (χ0) is 9.56. The van der Waals surface area contributed by atoms with E-state index in [-0.39, 0.29) is 6.61 Å². The molecule has 2 heteroatoms. The Bertz CT molecular complexity index is 104. The minimum Gasteiger partial charge on any atom is -0.396 e. The predicted molar refractivity (Wildman–Crippen MR) is 53.2 cm³/mol. The number of aliphatic hydroxyl groups is 1.